The lowest BCUT2D eigenvalue weighted by molar-refractivity contribution is -0.385. The molecular weight excluding hydrogens is 424 g/mol. The number of nitro groups is 2. The molecule has 12 nitrogen and oxygen atoms in total. The zero-order chi connectivity index (χ0) is 23.4. The molecule has 2 aliphatic heterocycles. The second kappa shape index (κ2) is 8.79. The van der Waals surface area contributed by atoms with Crippen molar-refractivity contribution in [1.29, 1.82) is 0 Å². The summed E-state index contributed by atoms with van der Waals surface area (Å²) in [7, 11) is 0. The standard InChI is InChI=1S/2C10H6N2O4/c2*13-9-5-6-10(14)11(9)7-1-3-8(4-2-7)12(15)16/h2*1-6H. The maximum absolute atomic E-state index is 11.3. The van der Waals surface area contributed by atoms with Gasteiger partial charge in [-0.2, -0.15) is 0 Å². The molecule has 0 bridgehead atoms. The van der Waals surface area contributed by atoms with Crippen LogP contribution in [-0.2, 0) is 19.2 Å². The summed E-state index contributed by atoms with van der Waals surface area (Å²) in [6.07, 6.45) is 4.63. The van der Waals surface area contributed by atoms with E-state index in [1.165, 1.54) is 48.5 Å². The van der Waals surface area contributed by atoms with E-state index in [1.54, 1.807) is 0 Å². The van der Waals surface area contributed by atoms with Gasteiger partial charge in [-0.25, -0.2) is 9.80 Å². The van der Waals surface area contributed by atoms with Crippen LogP contribution in [0.1, 0.15) is 0 Å². The Morgan fingerprint density at radius 3 is 0.969 bits per heavy atom. The third kappa shape index (κ3) is 4.43. The Bertz CT molecular complexity index is 1070. The molecule has 160 valence electrons. The average Bonchev–Trinajstić information content (AvgIpc) is 3.28. The molecule has 2 heterocycles. The predicted octanol–water partition coefficient (Wildman–Crippen LogP) is 2.05. The van der Waals surface area contributed by atoms with Gasteiger partial charge in [-0.05, 0) is 24.3 Å². The van der Waals surface area contributed by atoms with Gasteiger partial charge >= 0.3 is 0 Å². The van der Waals surface area contributed by atoms with Crippen molar-refractivity contribution >= 4 is 46.4 Å². The van der Waals surface area contributed by atoms with Gasteiger partial charge in [0.2, 0.25) is 0 Å². The van der Waals surface area contributed by atoms with Gasteiger partial charge in [0.15, 0.2) is 0 Å². The molecule has 0 atom stereocenters. The normalized spacial score (nSPS) is 14.6. The van der Waals surface area contributed by atoms with E-state index < -0.39 is 33.5 Å². The quantitative estimate of drug-likeness (QED) is 0.400. The number of rotatable bonds is 4. The maximum atomic E-state index is 11.3. The smallest absolute Gasteiger partial charge is 0.269 e. The van der Waals surface area contributed by atoms with E-state index in [0.717, 1.165) is 34.1 Å². The molecular formula is C20H12N4O8. The van der Waals surface area contributed by atoms with Crippen LogP contribution >= 0.6 is 0 Å². The number of hydrogen-bond donors (Lipinski definition) is 0. The predicted molar refractivity (Wildman–Crippen MR) is 109 cm³/mol. The van der Waals surface area contributed by atoms with Gasteiger partial charge in [-0.1, -0.05) is 0 Å². The molecule has 0 aromatic heterocycles. The average molecular weight is 436 g/mol. The molecule has 0 fully saturated rings. The zero-order valence-electron chi connectivity index (χ0n) is 16.0. The molecule has 0 aliphatic carbocycles. The van der Waals surface area contributed by atoms with Gasteiger partial charge in [0, 0.05) is 48.6 Å². The summed E-state index contributed by atoms with van der Waals surface area (Å²) in [5.41, 5.74) is 0.475. The van der Waals surface area contributed by atoms with Crippen molar-refractivity contribution in [2.24, 2.45) is 0 Å². The van der Waals surface area contributed by atoms with Crippen molar-refractivity contribution in [2.75, 3.05) is 9.80 Å². The number of imide groups is 2. The molecule has 12 heteroatoms. The van der Waals surface area contributed by atoms with Crippen LogP contribution in [0.2, 0.25) is 0 Å². The number of hydrogen-bond acceptors (Lipinski definition) is 8. The number of benzene rings is 2. The highest BCUT2D eigenvalue weighted by atomic mass is 16.6. The van der Waals surface area contributed by atoms with Crippen molar-refractivity contribution in [1.82, 2.24) is 0 Å². The van der Waals surface area contributed by atoms with Gasteiger partial charge in [-0.15, -0.1) is 0 Å². The summed E-state index contributed by atoms with van der Waals surface area (Å²) in [6.45, 7) is 0. The number of carbonyl (C=O) groups is 4. The fourth-order valence-electron chi connectivity index (χ4n) is 2.76. The highest BCUT2D eigenvalue weighted by Crippen LogP contribution is 2.23. The first-order chi connectivity index (χ1) is 15.2. The van der Waals surface area contributed by atoms with Crippen molar-refractivity contribution in [3.63, 3.8) is 0 Å². The fraction of sp³-hybridized carbons (Fsp3) is 0. The summed E-state index contributed by atoms with van der Waals surface area (Å²) < 4.78 is 0. The van der Waals surface area contributed by atoms with Crippen LogP contribution in [0.3, 0.4) is 0 Å². The molecule has 4 rings (SSSR count). The minimum atomic E-state index is -0.546. The van der Waals surface area contributed by atoms with Crippen molar-refractivity contribution in [2.45, 2.75) is 0 Å². The summed E-state index contributed by atoms with van der Waals surface area (Å²) in [5, 5.41) is 20.8. The molecule has 2 aliphatic rings. The Balaban J connectivity index is 0.000000181. The second-order valence-corrected chi connectivity index (χ2v) is 6.24. The van der Waals surface area contributed by atoms with Gasteiger partial charge in [0.1, 0.15) is 0 Å². The van der Waals surface area contributed by atoms with Crippen molar-refractivity contribution in [3.05, 3.63) is 93.1 Å². The molecule has 2 aromatic carbocycles. The first kappa shape index (κ1) is 21.7. The van der Waals surface area contributed by atoms with Gasteiger partial charge in [-0.3, -0.25) is 39.4 Å². The molecule has 32 heavy (non-hydrogen) atoms. The van der Waals surface area contributed by atoms with Crippen LogP contribution in [0.5, 0.6) is 0 Å². The van der Waals surface area contributed by atoms with E-state index in [4.69, 9.17) is 0 Å². The third-order valence-corrected chi connectivity index (χ3v) is 4.26. The molecule has 0 N–H and O–H groups in total. The lowest BCUT2D eigenvalue weighted by atomic mass is 10.2. The number of nitrogens with zero attached hydrogens (tertiary/aromatic N) is 4. The van der Waals surface area contributed by atoms with Crippen LogP contribution in [0.4, 0.5) is 22.7 Å². The number of carbonyl (C=O) groups excluding carboxylic acids is 4. The van der Waals surface area contributed by atoms with Crippen LogP contribution in [0, 0.1) is 20.2 Å². The molecule has 0 saturated heterocycles. The van der Waals surface area contributed by atoms with E-state index in [2.05, 4.69) is 0 Å². The van der Waals surface area contributed by atoms with E-state index in [1.807, 2.05) is 0 Å². The SMILES string of the molecule is O=C1C=CC(=O)N1c1ccc([N+](=O)[O-])cc1.O=C1C=CC(=O)N1c1ccc([N+](=O)[O-])cc1. The second-order valence-electron chi connectivity index (χ2n) is 6.24. The summed E-state index contributed by atoms with van der Waals surface area (Å²) in [6, 6.07) is 10.4. The van der Waals surface area contributed by atoms with Crippen LogP contribution in [0.15, 0.2) is 72.8 Å². The van der Waals surface area contributed by atoms with Crippen LogP contribution < -0.4 is 9.80 Å². The lowest BCUT2D eigenvalue weighted by Gasteiger charge is -2.12. The first-order valence-electron chi connectivity index (χ1n) is 8.80. The minimum absolute atomic E-state index is 0.0872. The van der Waals surface area contributed by atoms with Crippen LogP contribution in [0.25, 0.3) is 0 Å². The van der Waals surface area contributed by atoms with E-state index in [9.17, 15) is 39.4 Å². The van der Waals surface area contributed by atoms with Crippen molar-refractivity contribution < 1.29 is 29.0 Å². The topological polar surface area (TPSA) is 161 Å². The molecule has 0 spiro atoms. The number of non-ortho nitro benzene ring substituents is 2. The lowest BCUT2D eigenvalue weighted by Crippen LogP contribution is -2.29. The number of nitro benzene ring substituents is 2. The molecule has 0 unspecified atom stereocenters. The number of anilines is 2. The first-order valence-corrected chi connectivity index (χ1v) is 8.80. The molecule has 2 aromatic rings. The summed E-state index contributed by atoms with van der Waals surface area (Å²) >= 11 is 0. The Morgan fingerprint density at radius 1 is 0.500 bits per heavy atom. The fourth-order valence-corrected chi connectivity index (χ4v) is 2.76. The monoisotopic (exact) mass is 436 g/mol. The molecule has 0 saturated carbocycles. The largest absolute Gasteiger partial charge is 0.269 e. The minimum Gasteiger partial charge on any atom is -0.269 e. The molecule has 4 amide bonds. The Morgan fingerprint density at radius 2 is 0.750 bits per heavy atom. The van der Waals surface area contributed by atoms with Crippen LogP contribution in [-0.4, -0.2) is 33.5 Å². The highest BCUT2D eigenvalue weighted by Gasteiger charge is 2.26. The third-order valence-electron chi connectivity index (χ3n) is 4.26. The summed E-state index contributed by atoms with van der Waals surface area (Å²) in [5.74, 6) is -1.78. The Kier molecular flexibility index (Phi) is 5.96. The van der Waals surface area contributed by atoms with E-state index in [-0.39, 0.29) is 11.4 Å². The van der Waals surface area contributed by atoms with Crippen molar-refractivity contribution in [3.8, 4) is 0 Å². The zero-order valence-corrected chi connectivity index (χ0v) is 16.0. The van der Waals surface area contributed by atoms with E-state index in [0.29, 0.717) is 11.4 Å². The Labute approximate surface area is 178 Å². The molecule has 0 radical (unpaired) electrons. The van der Waals surface area contributed by atoms with Gasteiger partial charge in [0.05, 0.1) is 21.2 Å². The van der Waals surface area contributed by atoms with Gasteiger partial charge < -0.3 is 0 Å². The Hall–Kier alpha value is -5.00. The summed E-state index contributed by atoms with van der Waals surface area (Å²) in [4.78, 5) is 66.8. The van der Waals surface area contributed by atoms with E-state index >= 15 is 0 Å². The highest BCUT2D eigenvalue weighted by molar-refractivity contribution is 6.28. The number of amides is 4. The van der Waals surface area contributed by atoms with Gasteiger partial charge in [0.25, 0.3) is 35.0 Å². The maximum Gasteiger partial charge on any atom is 0.269 e.